The Labute approximate surface area is 171 Å². The molecule has 1 atom stereocenters. The number of carbonyl (C=O) groups excluding carboxylic acids is 2. The van der Waals surface area contributed by atoms with Crippen LogP contribution in [-0.4, -0.2) is 35.8 Å². The van der Waals surface area contributed by atoms with E-state index in [-0.39, 0.29) is 29.6 Å². The second-order valence-corrected chi connectivity index (χ2v) is 7.86. The van der Waals surface area contributed by atoms with E-state index in [1.54, 1.807) is 30.3 Å². The summed E-state index contributed by atoms with van der Waals surface area (Å²) in [4.78, 5) is 27.5. The Balaban J connectivity index is 1.63. The van der Waals surface area contributed by atoms with Gasteiger partial charge in [0.25, 0.3) is 5.91 Å². The van der Waals surface area contributed by atoms with Crippen LogP contribution in [0.25, 0.3) is 0 Å². The lowest BCUT2D eigenvalue weighted by Gasteiger charge is -2.32. The van der Waals surface area contributed by atoms with Gasteiger partial charge < -0.3 is 10.6 Å². The molecule has 0 bridgehead atoms. The number of rotatable bonds is 6. The Morgan fingerprint density at radius 2 is 1.86 bits per heavy atom. The predicted molar refractivity (Wildman–Crippen MR) is 112 cm³/mol. The summed E-state index contributed by atoms with van der Waals surface area (Å²) in [6.45, 7) is 6.04. The van der Waals surface area contributed by atoms with Crippen LogP contribution >= 0.6 is 0 Å². The number of para-hydroxylation sites is 1. The molecule has 1 heterocycles. The van der Waals surface area contributed by atoms with Crippen molar-refractivity contribution in [3.05, 3.63) is 65.5 Å². The molecular weight excluding hydrogens is 369 g/mol. The van der Waals surface area contributed by atoms with Gasteiger partial charge in [-0.25, -0.2) is 4.39 Å². The van der Waals surface area contributed by atoms with E-state index in [0.717, 1.165) is 24.9 Å². The number of anilines is 1. The van der Waals surface area contributed by atoms with Gasteiger partial charge in [-0.1, -0.05) is 24.3 Å². The van der Waals surface area contributed by atoms with Crippen molar-refractivity contribution in [2.75, 3.05) is 18.4 Å². The monoisotopic (exact) mass is 397 g/mol. The number of carbonyl (C=O) groups is 2. The summed E-state index contributed by atoms with van der Waals surface area (Å²) in [5.41, 5.74) is 2.03. The van der Waals surface area contributed by atoms with E-state index in [2.05, 4.69) is 15.5 Å². The fraction of sp³-hybridized carbons (Fsp3) is 0.391. The predicted octanol–water partition coefficient (Wildman–Crippen LogP) is 3.81. The van der Waals surface area contributed by atoms with Crippen molar-refractivity contribution in [1.82, 2.24) is 10.2 Å². The average Bonchev–Trinajstić information content (AvgIpc) is 2.70. The molecule has 6 heteroatoms. The van der Waals surface area contributed by atoms with Crippen LogP contribution in [0, 0.1) is 11.7 Å². The zero-order valence-electron chi connectivity index (χ0n) is 17.0. The van der Waals surface area contributed by atoms with Gasteiger partial charge in [-0.3, -0.25) is 14.5 Å². The summed E-state index contributed by atoms with van der Waals surface area (Å²) in [6.07, 6.45) is 1.74. The quantitative estimate of drug-likeness (QED) is 0.779. The minimum atomic E-state index is -0.246. The first-order valence-corrected chi connectivity index (χ1v) is 10.1. The van der Waals surface area contributed by atoms with Gasteiger partial charge in [-0.2, -0.15) is 0 Å². The van der Waals surface area contributed by atoms with Gasteiger partial charge in [-0.15, -0.1) is 0 Å². The van der Waals surface area contributed by atoms with E-state index in [0.29, 0.717) is 24.3 Å². The minimum Gasteiger partial charge on any atom is -0.350 e. The van der Waals surface area contributed by atoms with Crippen molar-refractivity contribution in [3.63, 3.8) is 0 Å². The van der Waals surface area contributed by atoms with Crippen molar-refractivity contribution in [2.45, 2.75) is 39.3 Å². The summed E-state index contributed by atoms with van der Waals surface area (Å²) in [5, 5.41) is 5.82. The maximum absolute atomic E-state index is 13.1. The molecule has 2 aromatic rings. The average molecular weight is 397 g/mol. The second-order valence-electron chi connectivity index (χ2n) is 7.86. The summed E-state index contributed by atoms with van der Waals surface area (Å²) in [6, 6.07) is 13.6. The highest BCUT2D eigenvalue weighted by molar-refractivity contribution is 6.04. The lowest BCUT2D eigenvalue weighted by molar-refractivity contribution is -0.121. The van der Waals surface area contributed by atoms with Crippen LogP contribution in [0.1, 0.15) is 42.6 Å². The standard InChI is InChI=1S/C23H28FN3O2/c1-16(2)25-23(29)20-7-3-4-8-21(20)26-22(28)18-6-5-13-27(15-18)14-17-9-11-19(24)12-10-17/h3-4,7-12,16,18H,5-6,13-15H2,1-2H3,(H,25,29)(H,26,28)/t18-/m1/s1. The van der Waals surface area contributed by atoms with Crippen LogP contribution in [0.15, 0.2) is 48.5 Å². The molecule has 154 valence electrons. The van der Waals surface area contributed by atoms with E-state index in [1.807, 2.05) is 19.9 Å². The smallest absolute Gasteiger partial charge is 0.253 e. The molecule has 5 nitrogen and oxygen atoms in total. The first kappa shape index (κ1) is 21.0. The molecule has 0 aliphatic carbocycles. The third-order valence-electron chi connectivity index (χ3n) is 5.05. The summed E-state index contributed by atoms with van der Waals surface area (Å²) >= 11 is 0. The van der Waals surface area contributed by atoms with Crippen molar-refractivity contribution in [1.29, 1.82) is 0 Å². The summed E-state index contributed by atoms with van der Waals surface area (Å²) in [7, 11) is 0. The lowest BCUT2D eigenvalue weighted by atomic mass is 9.96. The van der Waals surface area contributed by atoms with E-state index in [4.69, 9.17) is 0 Å². The van der Waals surface area contributed by atoms with Gasteiger partial charge in [0.05, 0.1) is 17.2 Å². The van der Waals surface area contributed by atoms with Crippen molar-refractivity contribution in [2.24, 2.45) is 5.92 Å². The van der Waals surface area contributed by atoms with Crippen LogP contribution in [0.3, 0.4) is 0 Å². The van der Waals surface area contributed by atoms with Crippen molar-refractivity contribution >= 4 is 17.5 Å². The number of nitrogens with one attached hydrogen (secondary N) is 2. The fourth-order valence-corrected chi connectivity index (χ4v) is 3.63. The highest BCUT2D eigenvalue weighted by atomic mass is 19.1. The number of hydrogen-bond acceptors (Lipinski definition) is 3. The second kappa shape index (κ2) is 9.65. The fourth-order valence-electron chi connectivity index (χ4n) is 3.63. The molecule has 2 N–H and O–H groups in total. The van der Waals surface area contributed by atoms with Gasteiger partial charge in [0, 0.05) is 19.1 Å². The molecule has 0 saturated carbocycles. The molecule has 0 aromatic heterocycles. The number of amides is 2. The molecule has 0 unspecified atom stereocenters. The van der Waals surface area contributed by atoms with E-state index < -0.39 is 0 Å². The van der Waals surface area contributed by atoms with Crippen molar-refractivity contribution in [3.8, 4) is 0 Å². The van der Waals surface area contributed by atoms with Crippen LogP contribution < -0.4 is 10.6 Å². The third kappa shape index (κ3) is 5.87. The molecule has 3 rings (SSSR count). The topological polar surface area (TPSA) is 61.4 Å². The van der Waals surface area contributed by atoms with Crippen LogP contribution in [0.4, 0.5) is 10.1 Å². The Hall–Kier alpha value is -2.73. The molecule has 2 amide bonds. The number of benzene rings is 2. The molecule has 2 aromatic carbocycles. The normalized spacial score (nSPS) is 17.2. The minimum absolute atomic E-state index is 0.0182. The maximum Gasteiger partial charge on any atom is 0.253 e. The van der Waals surface area contributed by atoms with Crippen LogP contribution in [0.2, 0.25) is 0 Å². The molecule has 0 radical (unpaired) electrons. The molecule has 1 aliphatic rings. The number of halogens is 1. The van der Waals surface area contributed by atoms with E-state index in [9.17, 15) is 14.0 Å². The first-order valence-electron chi connectivity index (χ1n) is 10.1. The lowest BCUT2D eigenvalue weighted by Crippen LogP contribution is -2.40. The van der Waals surface area contributed by atoms with Crippen molar-refractivity contribution < 1.29 is 14.0 Å². The Morgan fingerprint density at radius 1 is 1.14 bits per heavy atom. The number of piperidine rings is 1. The molecule has 29 heavy (non-hydrogen) atoms. The Kier molecular flexibility index (Phi) is 6.99. The van der Waals surface area contributed by atoms with Gasteiger partial charge in [0.2, 0.25) is 5.91 Å². The summed E-state index contributed by atoms with van der Waals surface area (Å²) in [5.74, 6) is -0.661. The van der Waals surface area contributed by atoms with Gasteiger partial charge in [0.15, 0.2) is 0 Å². The third-order valence-corrected chi connectivity index (χ3v) is 5.05. The molecule has 1 saturated heterocycles. The van der Waals surface area contributed by atoms with E-state index in [1.165, 1.54) is 12.1 Å². The molecule has 1 fully saturated rings. The number of likely N-dealkylation sites (tertiary alicyclic amines) is 1. The maximum atomic E-state index is 13.1. The molecular formula is C23H28FN3O2. The zero-order chi connectivity index (χ0) is 20.8. The van der Waals surface area contributed by atoms with E-state index >= 15 is 0 Å². The zero-order valence-corrected chi connectivity index (χ0v) is 17.0. The van der Waals surface area contributed by atoms with Gasteiger partial charge in [0.1, 0.15) is 5.82 Å². The van der Waals surface area contributed by atoms with Crippen LogP contribution in [-0.2, 0) is 11.3 Å². The highest BCUT2D eigenvalue weighted by Crippen LogP contribution is 2.22. The molecule has 0 spiro atoms. The highest BCUT2D eigenvalue weighted by Gasteiger charge is 2.26. The first-order chi connectivity index (χ1) is 13.9. The molecule has 1 aliphatic heterocycles. The number of nitrogens with zero attached hydrogens (tertiary/aromatic N) is 1. The van der Waals surface area contributed by atoms with Crippen LogP contribution in [0.5, 0.6) is 0 Å². The Morgan fingerprint density at radius 3 is 2.59 bits per heavy atom. The SMILES string of the molecule is CC(C)NC(=O)c1ccccc1NC(=O)[C@@H]1CCCN(Cc2ccc(F)cc2)C1. The largest absolute Gasteiger partial charge is 0.350 e. The Bertz CT molecular complexity index is 851. The number of hydrogen-bond donors (Lipinski definition) is 2. The van der Waals surface area contributed by atoms with Gasteiger partial charge in [-0.05, 0) is 63.1 Å². The summed E-state index contributed by atoms with van der Waals surface area (Å²) < 4.78 is 13.1. The van der Waals surface area contributed by atoms with Gasteiger partial charge >= 0.3 is 0 Å².